The molecule has 0 radical (unpaired) electrons. The maximum absolute atomic E-state index is 12.7. The molecule has 0 N–H and O–H groups in total. The van der Waals surface area contributed by atoms with E-state index in [4.69, 9.17) is 23.2 Å². The van der Waals surface area contributed by atoms with Crippen molar-refractivity contribution < 1.29 is 9.59 Å². The molecule has 0 unspecified atom stereocenters. The third-order valence-corrected chi connectivity index (χ3v) is 4.44. The van der Waals surface area contributed by atoms with E-state index in [0.29, 0.717) is 41.8 Å². The van der Waals surface area contributed by atoms with Crippen LogP contribution in [0.5, 0.6) is 0 Å². The third-order valence-electron chi connectivity index (χ3n) is 3.87. The van der Waals surface area contributed by atoms with Gasteiger partial charge in [0.05, 0.1) is 10.6 Å². The highest BCUT2D eigenvalue weighted by Gasteiger charge is 2.30. The average molecular weight is 357 g/mol. The summed E-state index contributed by atoms with van der Waals surface area (Å²) in [7, 11) is 0. The Morgan fingerprint density at radius 1 is 1.00 bits per heavy atom. The minimum Gasteiger partial charge on any atom is -0.340 e. The molecule has 0 aliphatic carbocycles. The highest BCUT2D eigenvalue weighted by Crippen LogP contribution is 2.23. The Bertz CT molecular complexity index is 611. The van der Waals surface area contributed by atoms with E-state index < -0.39 is 5.41 Å². The lowest BCUT2D eigenvalue weighted by Gasteiger charge is -2.28. The van der Waals surface area contributed by atoms with Crippen molar-refractivity contribution in [3.8, 4) is 0 Å². The second-order valence-corrected chi connectivity index (χ2v) is 7.66. The van der Waals surface area contributed by atoms with Crippen LogP contribution in [0, 0.1) is 5.41 Å². The van der Waals surface area contributed by atoms with Crippen LogP contribution < -0.4 is 0 Å². The quantitative estimate of drug-likeness (QED) is 0.769. The molecule has 1 aromatic rings. The van der Waals surface area contributed by atoms with E-state index in [9.17, 15) is 9.59 Å². The summed E-state index contributed by atoms with van der Waals surface area (Å²) in [6, 6.07) is 4.88. The summed E-state index contributed by atoms with van der Waals surface area (Å²) in [5.74, 6) is -0.0184. The Morgan fingerprint density at radius 3 is 2.26 bits per heavy atom. The van der Waals surface area contributed by atoms with Crippen molar-refractivity contribution in [2.24, 2.45) is 5.41 Å². The number of amides is 2. The number of carbonyl (C=O) groups excluding carboxylic acids is 2. The molecule has 1 fully saturated rings. The predicted molar refractivity (Wildman–Crippen MR) is 93.0 cm³/mol. The van der Waals surface area contributed by atoms with Crippen molar-refractivity contribution in [3.05, 3.63) is 33.8 Å². The number of hydrogen-bond donors (Lipinski definition) is 0. The molecule has 6 heteroatoms. The number of benzene rings is 1. The standard InChI is InChI=1S/C17H22Cl2N2O2/c1-17(2,3)16(23)21-8-4-7-20(9-10-21)15(22)13-11-12(18)5-6-14(13)19/h5-6,11H,4,7-10H2,1-3H3. The lowest BCUT2D eigenvalue weighted by atomic mass is 9.94. The average Bonchev–Trinajstić information content (AvgIpc) is 2.73. The summed E-state index contributed by atoms with van der Waals surface area (Å²) in [6.07, 6.45) is 0.756. The van der Waals surface area contributed by atoms with E-state index in [2.05, 4.69) is 0 Å². The van der Waals surface area contributed by atoms with E-state index in [1.807, 2.05) is 25.7 Å². The summed E-state index contributed by atoms with van der Waals surface area (Å²) in [5, 5.41) is 0.878. The molecule has 0 saturated carbocycles. The Kier molecular flexibility index (Phi) is 5.58. The molecule has 1 aromatic carbocycles. The number of nitrogens with zero attached hydrogens (tertiary/aromatic N) is 2. The summed E-state index contributed by atoms with van der Waals surface area (Å²) in [6.45, 7) is 8.06. The fraction of sp³-hybridized carbons (Fsp3) is 0.529. The van der Waals surface area contributed by atoms with Gasteiger partial charge < -0.3 is 9.80 Å². The van der Waals surface area contributed by atoms with Crippen molar-refractivity contribution in [2.45, 2.75) is 27.2 Å². The SMILES string of the molecule is CC(C)(C)C(=O)N1CCCN(C(=O)c2cc(Cl)ccc2Cl)CC1. The van der Waals surface area contributed by atoms with E-state index in [0.717, 1.165) is 6.42 Å². The van der Waals surface area contributed by atoms with Crippen molar-refractivity contribution >= 4 is 35.0 Å². The van der Waals surface area contributed by atoms with Gasteiger partial charge in [0.1, 0.15) is 0 Å². The second-order valence-electron chi connectivity index (χ2n) is 6.81. The van der Waals surface area contributed by atoms with Crippen LogP contribution in [0.4, 0.5) is 0 Å². The van der Waals surface area contributed by atoms with E-state index >= 15 is 0 Å². The van der Waals surface area contributed by atoms with Gasteiger partial charge in [0, 0.05) is 36.6 Å². The molecule has 1 heterocycles. The van der Waals surface area contributed by atoms with Gasteiger partial charge in [-0.3, -0.25) is 9.59 Å². The molecule has 1 saturated heterocycles. The van der Waals surface area contributed by atoms with Gasteiger partial charge in [-0.05, 0) is 24.6 Å². The summed E-state index contributed by atoms with van der Waals surface area (Å²) < 4.78 is 0. The van der Waals surface area contributed by atoms with E-state index in [1.165, 1.54) is 0 Å². The van der Waals surface area contributed by atoms with Crippen LogP contribution in [0.25, 0.3) is 0 Å². The molecule has 0 atom stereocenters. The lowest BCUT2D eigenvalue weighted by Crippen LogP contribution is -2.42. The van der Waals surface area contributed by atoms with Crippen LogP contribution in [0.1, 0.15) is 37.6 Å². The Labute approximate surface area is 147 Å². The topological polar surface area (TPSA) is 40.6 Å². The Balaban J connectivity index is 2.10. The molecule has 4 nitrogen and oxygen atoms in total. The minimum atomic E-state index is -0.407. The highest BCUT2D eigenvalue weighted by atomic mass is 35.5. The Morgan fingerprint density at radius 2 is 1.61 bits per heavy atom. The monoisotopic (exact) mass is 356 g/mol. The van der Waals surface area contributed by atoms with Crippen LogP contribution >= 0.6 is 23.2 Å². The molecule has 2 amide bonds. The smallest absolute Gasteiger partial charge is 0.255 e. The molecule has 23 heavy (non-hydrogen) atoms. The first kappa shape index (κ1) is 18.1. The summed E-state index contributed by atoms with van der Waals surface area (Å²) in [5.41, 5.74) is 0.00452. The highest BCUT2D eigenvalue weighted by molar-refractivity contribution is 6.35. The zero-order valence-electron chi connectivity index (χ0n) is 13.7. The third kappa shape index (κ3) is 4.39. The van der Waals surface area contributed by atoms with Gasteiger partial charge in [0.15, 0.2) is 0 Å². The van der Waals surface area contributed by atoms with E-state index in [-0.39, 0.29) is 11.8 Å². The van der Waals surface area contributed by atoms with Gasteiger partial charge in [0.2, 0.25) is 5.91 Å². The number of halogens is 2. The first-order valence-electron chi connectivity index (χ1n) is 7.74. The molecule has 2 rings (SSSR count). The van der Waals surface area contributed by atoms with Gasteiger partial charge in [-0.2, -0.15) is 0 Å². The molecule has 0 bridgehead atoms. The zero-order chi connectivity index (χ0) is 17.2. The van der Waals surface area contributed by atoms with Crippen molar-refractivity contribution in [1.29, 1.82) is 0 Å². The first-order chi connectivity index (χ1) is 10.7. The number of hydrogen-bond acceptors (Lipinski definition) is 2. The van der Waals surface area contributed by atoms with Crippen LogP contribution in [-0.2, 0) is 4.79 Å². The number of rotatable bonds is 1. The predicted octanol–water partition coefficient (Wildman–Crippen LogP) is 3.71. The van der Waals surface area contributed by atoms with Gasteiger partial charge in [-0.25, -0.2) is 0 Å². The maximum Gasteiger partial charge on any atom is 0.255 e. The van der Waals surface area contributed by atoms with Crippen molar-refractivity contribution in [2.75, 3.05) is 26.2 Å². The summed E-state index contributed by atoms with van der Waals surface area (Å²) >= 11 is 12.1. The molecule has 0 spiro atoms. The normalized spacial score (nSPS) is 16.2. The van der Waals surface area contributed by atoms with Crippen molar-refractivity contribution in [1.82, 2.24) is 9.80 Å². The maximum atomic E-state index is 12.7. The fourth-order valence-corrected chi connectivity index (χ4v) is 3.00. The zero-order valence-corrected chi connectivity index (χ0v) is 15.2. The molecule has 126 valence electrons. The van der Waals surface area contributed by atoms with Crippen LogP contribution in [0.15, 0.2) is 18.2 Å². The molecular formula is C17H22Cl2N2O2. The molecule has 1 aliphatic rings. The van der Waals surface area contributed by atoms with Crippen LogP contribution in [-0.4, -0.2) is 47.8 Å². The van der Waals surface area contributed by atoms with E-state index in [1.54, 1.807) is 23.1 Å². The Hall–Kier alpha value is -1.26. The second kappa shape index (κ2) is 7.10. The van der Waals surface area contributed by atoms with Crippen LogP contribution in [0.2, 0.25) is 10.0 Å². The lowest BCUT2D eigenvalue weighted by molar-refractivity contribution is -0.139. The largest absolute Gasteiger partial charge is 0.340 e. The van der Waals surface area contributed by atoms with Gasteiger partial charge in [-0.15, -0.1) is 0 Å². The van der Waals surface area contributed by atoms with Crippen LogP contribution in [0.3, 0.4) is 0 Å². The number of carbonyl (C=O) groups is 2. The minimum absolute atomic E-state index is 0.118. The molecule has 0 aromatic heterocycles. The van der Waals surface area contributed by atoms with Gasteiger partial charge >= 0.3 is 0 Å². The van der Waals surface area contributed by atoms with Crippen molar-refractivity contribution in [3.63, 3.8) is 0 Å². The molecular weight excluding hydrogens is 335 g/mol. The fourth-order valence-electron chi connectivity index (χ4n) is 2.63. The summed E-state index contributed by atoms with van der Waals surface area (Å²) in [4.78, 5) is 28.7. The first-order valence-corrected chi connectivity index (χ1v) is 8.49. The van der Waals surface area contributed by atoms with Gasteiger partial charge in [-0.1, -0.05) is 44.0 Å². The molecule has 1 aliphatic heterocycles. The van der Waals surface area contributed by atoms with Gasteiger partial charge in [0.25, 0.3) is 5.91 Å².